The van der Waals surface area contributed by atoms with Gasteiger partial charge in [-0.3, -0.25) is 4.90 Å². The van der Waals surface area contributed by atoms with Gasteiger partial charge in [0.1, 0.15) is 0 Å². The number of rotatable bonds is 5. The Morgan fingerprint density at radius 2 is 1.63 bits per heavy atom. The quantitative estimate of drug-likeness (QED) is 0.794. The summed E-state index contributed by atoms with van der Waals surface area (Å²) in [6.07, 6.45) is 0.954. The molecule has 0 unspecified atom stereocenters. The number of anilines is 1. The predicted molar refractivity (Wildman–Crippen MR) is 108 cm³/mol. The van der Waals surface area contributed by atoms with Crippen LogP contribution in [-0.4, -0.2) is 57.9 Å². The van der Waals surface area contributed by atoms with Gasteiger partial charge >= 0.3 is 0 Å². The molecule has 0 amide bonds. The van der Waals surface area contributed by atoms with Gasteiger partial charge in [-0.25, -0.2) is 8.42 Å². The highest BCUT2D eigenvalue weighted by atomic mass is 32.2. The second kappa shape index (κ2) is 6.93. The van der Waals surface area contributed by atoms with E-state index in [0.717, 1.165) is 26.1 Å². The van der Waals surface area contributed by atoms with Crippen LogP contribution in [0.2, 0.25) is 0 Å². The molecule has 5 nitrogen and oxygen atoms in total. The summed E-state index contributed by atoms with van der Waals surface area (Å²) in [5, 5.41) is 0. The molecule has 2 aromatic carbocycles. The monoisotopic (exact) mass is 385 g/mol. The molecule has 1 spiro atoms. The molecular weight excluding hydrogens is 358 g/mol. The topological polar surface area (TPSA) is 43.9 Å². The first-order valence-corrected chi connectivity index (χ1v) is 10.9. The molecule has 0 aromatic heterocycles. The Labute approximate surface area is 162 Å². The van der Waals surface area contributed by atoms with Crippen molar-refractivity contribution >= 4 is 15.7 Å². The average Bonchev–Trinajstić information content (AvgIpc) is 3.09. The van der Waals surface area contributed by atoms with Gasteiger partial charge in [0.25, 0.3) is 0 Å². The first-order chi connectivity index (χ1) is 12.9. The zero-order chi connectivity index (χ0) is 19.1. The van der Waals surface area contributed by atoms with E-state index in [1.54, 1.807) is 28.6 Å². The maximum atomic E-state index is 12.8. The van der Waals surface area contributed by atoms with Crippen molar-refractivity contribution in [1.29, 1.82) is 0 Å². The molecule has 27 heavy (non-hydrogen) atoms. The summed E-state index contributed by atoms with van der Waals surface area (Å²) in [6, 6.07) is 17.4. The van der Waals surface area contributed by atoms with Crippen LogP contribution in [0, 0.1) is 5.41 Å². The van der Waals surface area contributed by atoms with Crippen LogP contribution < -0.4 is 4.90 Å². The van der Waals surface area contributed by atoms with E-state index in [1.807, 2.05) is 20.2 Å². The van der Waals surface area contributed by atoms with Crippen LogP contribution in [-0.2, 0) is 16.6 Å². The summed E-state index contributed by atoms with van der Waals surface area (Å²) in [5.41, 5.74) is 2.64. The summed E-state index contributed by atoms with van der Waals surface area (Å²) < 4.78 is 27.3. The van der Waals surface area contributed by atoms with Gasteiger partial charge in [0.15, 0.2) is 0 Å². The largest absolute Gasteiger partial charge is 0.378 e. The summed E-state index contributed by atoms with van der Waals surface area (Å²) >= 11 is 0. The number of likely N-dealkylation sites (tertiary alicyclic amines) is 1. The molecule has 2 saturated heterocycles. The Hall–Kier alpha value is -1.89. The van der Waals surface area contributed by atoms with E-state index in [0.29, 0.717) is 18.0 Å². The van der Waals surface area contributed by atoms with E-state index < -0.39 is 10.0 Å². The molecule has 0 aliphatic carbocycles. The SMILES string of the molecule is CN(C)c1ccc(CN2CC3(CCN(S(=O)(=O)c4ccccc4)C3)C2)cc1. The lowest BCUT2D eigenvalue weighted by molar-refractivity contribution is 0.00652. The average molecular weight is 386 g/mol. The van der Waals surface area contributed by atoms with Crippen LogP contribution >= 0.6 is 0 Å². The van der Waals surface area contributed by atoms with Crippen LogP contribution in [0.1, 0.15) is 12.0 Å². The van der Waals surface area contributed by atoms with Crippen molar-refractivity contribution in [3.05, 3.63) is 60.2 Å². The second-order valence-electron chi connectivity index (χ2n) is 8.11. The van der Waals surface area contributed by atoms with Crippen LogP contribution in [0.3, 0.4) is 0 Å². The number of nitrogens with zero attached hydrogens (tertiary/aromatic N) is 3. The highest BCUT2D eigenvalue weighted by molar-refractivity contribution is 7.89. The van der Waals surface area contributed by atoms with E-state index in [-0.39, 0.29) is 5.41 Å². The van der Waals surface area contributed by atoms with E-state index >= 15 is 0 Å². The molecule has 2 aliphatic rings. The normalized spacial score (nSPS) is 19.9. The van der Waals surface area contributed by atoms with Crippen molar-refractivity contribution in [3.8, 4) is 0 Å². The van der Waals surface area contributed by atoms with Crippen LogP contribution in [0.4, 0.5) is 5.69 Å². The van der Waals surface area contributed by atoms with E-state index in [2.05, 4.69) is 34.1 Å². The molecule has 2 fully saturated rings. The number of sulfonamides is 1. The minimum Gasteiger partial charge on any atom is -0.378 e. The molecule has 2 aromatic rings. The van der Waals surface area contributed by atoms with Crippen molar-refractivity contribution in [2.45, 2.75) is 17.9 Å². The van der Waals surface area contributed by atoms with Gasteiger partial charge in [0, 0.05) is 57.9 Å². The van der Waals surface area contributed by atoms with E-state index in [4.69, 9.17) is 0 Å². The fraction of sp³-hybridized carbons (Fsp3) is 0.429. The molecule has 2 aliphatic heterocycles. The van der Waals surface area contributed by atoms with Gasteiger partial charge in [-0.15, -0.1) is 0 Å². The lowest BCUT2D eigenvalue weighted by atomic mass is 9.79. The zero-order valence-electron chi connectivity index (χ0n) is 16.0. The summed E-state index contributed by atoms with van der Waals surface area (Å²) in [6.45, 7) is 4.15. The first kappa shape index (κ1) is 18.5. The summed E-state index contributed by atoms with van der Waals surface area (Å²) in [4.78, 5) is 4.92. The Morgan fingerprint density at radius 1 is 0.963 bits per heavy atom. The highest BCUT2D eigenvalue weighted by Gasteiger charge is 2.50. The Morgan fingerprint density at radius 3 is 2.26 bits per heavy atom. The molecule has 4 rings (SSSR count). The summed E-state index contributed by atoms with van der Waals surface area (Å²) in [5.74, 6) is 0. The Bertz CT molecular complexity index is 889. The maximum Gasteiger partial charge on any atom is 0.243 e. The molecule has 0 radical (unpaired) electrons. The third-order valence-corrected chi connectivity index (χ3v) is 7.62. The van der Waals surface area contributed by atoms with Crippen molar-refractivity contribution in [3.63, 3.8) is 0 Å². The fourth-order valence-corrected chi connectivity index (χ4v) is 5.85. The van der Waals surface area contributed by atoms with Gasteiger partial charge in [0.2, 0.25) is 10.0 Å². The highest BCUT2D eigenvalue weighted by Crippen LogP contribution is 2.41. The molecule has 144 valence electrons. The summed E-state index contributed by atoms with van der Waals surface area (Å²) in [7, 11) is 0.725. The fourth-order valence-electron chi connectivity index (χ4n) is 4.27. The number of benzene rings is 2. The molecule has 0 atom stereocenters. The number of hydrogen-bond acceptors (Lipinski definition) is 4. The molecule has 6 heteroatoms. The van der Waals surface area contributed by atoms with Crippen LogP contribution in [0.5, 0.6) is 0 Å². The van der Waals surface area contributed by atoms with Gasteiger partial charge in [-0.2, -0.15) is 4.31 Å². The number of hydrogen-bond donors (Lipinski definition) is 0. The third kappa shape index (κ3) is 3.61. The van der Waals surface area contributed by atoms with Gasteiger partial charge in [-0.05, 0) is 36.2 Å². The van der Waals surface area contributed by atoms with Crippen molar-refractivity contribution in [2.24, 2.45) is 5.41 Å². The third-order valence-electron chi connectivity index (χ3n) is 5.76. The molecule has 0 saturated carbocycles. The molecule has 0 bridgehead atoms. The van der Waals surface area contributed by atoms with Crippen LogP contribution in [0.25, 0.3) is 0 Å². The lowest BCUT2D eigenvalue weighted by Gasteiger charge is -2.48. The van der Waals surface area contributed by atoms with Crippen molar-refractivity contribution in [2.75, 3.05) is 45.2 Å². The zero-order valence-corrected chi connectivity index (χ0v) is 16.8. The lowest BCUT2D eigenvalue weighted by Crippen LogP contribution is -2.57. The van der Waals surface area contributed by atoms with Crippen LogP contribution in [0.15, 0.2) is 59.5 Å². The predicted octanol–water partition coefficient (Wildman–Crippen LogP) is 2.65. The van der Waals surface area contributed by atoms with E-state index in [9.17, 15) is 8.42 Å². The Balaban J connectivity index is 1.35. The van der Waals surface area contributed by atoms with Gasteiger partial charge in [-0.1, -0.05) is 30.3 Å². The first-order valence-electron chi connectivity index (χ1n) is 9.42. The maximum absolute atomic E-state index is 12.8. The van der Waals surface area contributed by atoms with Gasteiger partial charge < -0.3 is 4.90 Å². The molecule has 0 N–H and O–H groups in total. The molecule has 2 heterocycles. The minimum atomic E-state index is -3.37. The van der Waals surface area contributed by atoms with Crippen molar-refractivity contribution < 1.29 is 8.42 Å². The smallest absolute Gasteiger partial charge is 0.243 e. The standard InChI is InChI=1S/C21H27N3O2S/c1-22(2)19-10-8-18(9-11-19)14-23-15-21(16-23)12-13-24(17-21)27(25,26)20-6-4-3-5-7-20/h3-11H,12-17H2,1-2H3. The minimum absolute atomic E-state index is 0.130. The van der Waals surface area contributed by atoms with Gasteiger partial charge in [0.05, 0.1) is 4.90 Å². The Kier molecular flexibility index (Phi) is 4.74. The van der Waals surface area contributed by atoms with E-state index in [1.165, 1.54) is 11.3 Å². The van der Waals surface area contributed by atoms with Crippen molar-refractivity contribution in [1.82, 2.24) is 9.21 Å². The molecular formula is C21H27N3O2S. The second-order valence-corrected chi connectivity index (χ2v) is 10.0.